The Morgan fingerprint density at radius 1 is 1.26 bits per heavy atom. The maximum Gasteiger partial charge on any atom is 0.229 e. The molecule has 0 aliphatic carbocycles. The van der Waals surface area contributed by atoms with E-state index in [1.54, 1.807) is 29.9 Å². The van der Waals surface area contributed by atoms with Crippen LogP contribution in [-0.2, 0) is 4.79 Å². The summed E-state index contributed by atoms with van der Waals surface area (Å²) < 4.78 is 0. The summed E-state index contributed by atoms with van der Waals surface area (Å²) in [5.74, 6) is 0.0874. The van der Waals surface area contributed by atoms with E-state index in [-0.39, 0.29) is 17.7 Å². The first-order valence-corrected chi connectivity index (χ1v) is 8.44. The summed E-state index contributed by atoms with van der Waals surface area (Å²) in [5, 5.41) is 11.4. The molecule has 2 atom stereocenters. The van der Waals surface area contributed by atoms with Gasteiger partial charge in [-0.3, -0.25) is 9.78 Å². The van der Waals surface area contributed by atoms with Crippen molar-refractivity contribution in [2.45, 2.75) is 5.92 Å². The Morgan fingerprint density at radius 3 is 3.09 bits per heavy atom. The van der Waals surface area contributed by atoms with Gasteiger partial charge in [0.2, 0.25) is 5.91 Å². The third-order valence-corrected chi connectivity index (χ3v) is 5.17. The number of carbonyl (C=O) groups excluding carboxylic acids is 1. The van der Waals surface area contributed by atoms with Gasteiger partial charge in [-0.05, 0) is 12.1 Å². The Morgan fingerprint density at radius 2 is 2.22 bits per heavy atom. The number of fused-ring (bicyclic) bond motifs is 1. The molecule has 0 saturated carbocycles. The van der Waals surface area contributed by atoms with E-state index in [1.165, 1.54) is 0 Å². The molecule has 1 amide bonds. The Bertz CT molecular complexity index is 828. The Labute approximate surface area is 137 Å². The first kappa shape index (κ1) is 14.3. The highest BCUT2D eigenvalue weighted by Gasteiger charge is 2.35. The van der Waals surface area contributed by atoms with Gasteiger partial charge in [0.15, 0.2) is 0 Å². The van der Waals surface area contributed by atoms with Gasteiger partial charge in [0.05, 0.1) is 10.9 Å². The predicted molar refractivity (Wildman–Crippen MR) is 91.6 cm³/mol. The minimum atomic E-state index is -0.0988. The van der Waals surface area contributed by atoms with E-state index in [2.05, 4.69) is 20.6 Å². The quantitative estimate of drug-likeness (QED) is 0.777. The zero-order chi connectivity index (χ0) is 15.6. The van der Waals surface area contributed by atoms with Crippen LogP contribution < -0.4 is 10.6 Å². The van der Waals surface area contributed by atoms with Crippen LogP contribution in [0.4, 0.5) is 5.69 Å². The van der Waals surface area contributed by atoms with Crippen molar-refractivity contribution in [3.8, 4) is 0 Å². The van der Waals surface area contributed by atoms with Crippen LogP contribution in [0.15, 0.2) is 48.2 Å². The molecule has 6 heteroatoms. The predicted octanol–water partition coefficient (Wildman–Crippen LogP) is 2.63. The van der Waals surface area contributed by atoms with Gasteiger partial charge < -0.3 is 10.6 Å². The van der Waals surface area contributed by atoms with Crippen LogP contribution in [0.5, 0.6) is 0 Å². The SMILES string of the molecule is O=C(Nc1cccc2cnccc12)[C@H]1CNC[C@@H]1c1nccs1. The standard InChI is InChI=1S/C17H16N4OS/c22-16(13-9-19-10-14(13)17-20-6-7-23-17)21-15-3-1-2-11-8-18-5-4-12(11)15/h1-8,13-14,19H,9-10H2,(H,21,22)/t13-,14-/m0/s1. The van der Waals surface area contributed by atoms with Crippen LogP contribution >= 0.6 is 11.3 Å². The van der Waals surface area contributed by atoms with Gasteiger partial charge in [0, 0.05) is 59.4 Å². The second-order valence-corrected chi connectivity index (χ2v) is 6.56. The number of hydrogen-bond donors (Lipinski definition) is 2. The van der Waals surface area contributed by atoms with Crippen molar-refractivity contribution >= 4 is 33.7 Å². The third-order valence-electron chi connectivity index (χ3n) is 4.26. The lowest BCUT2D eigenvalue weighted by Crippen LogP contribution is -2.28. The monoisotopic (exact) mass is 324 g/mol. The lowest BCUT2D eigenvalue weighted by atomic mass is 9.95. The second kappa shape index (κ2) is 6.06. The summed E-state index contributed by atoms with van der Waals surface area (Å²) >= 11 is 1.61. The Balaban J connectivity index is 1.59. The molecule has 0 bridgehead atoms. The van der Waals surface area contributed by atoms with E-state index >= 15 is 0 Å². The Kier molecular flexibility index (Phi) is 3.77. The number of hydrogen-bond acceptors (Lipinski definition) is 5. The van der Waals surface area contributed by atoms with Gasteiger partial charge in [0.25, 0.3) is 0 Å². The van der Waals surface area contributed by atoms with Crippen LogP contribution in [0.2, 0.25) is 0 Å². The highest BCUT2D eigenvalue weighted by atomic mass is 32.1. The molecule has 116 valence electrons. The van der Waals surface area contributed by atoms with Crippen LogP contribution in [0, 0.1) is 5.92 Å². The summed E-state index contributed by atoms with van der Waals surface area (Å²) in [7, 11) is 0. The Hall–Kier alpha value is -2.31. The van der Waals surface area contributed by atoms with E-state index in [1.807, 2.05) is 29.6 Å². The molecule has 1 saturated heterocycles. The molecule has 0 unspecified atom stereocenters. The van der Waals surface area contributed by atoms with Crippen molar-refractivity contribution in [2.75, 3.05) is 18.4 Å². The number of anilines is 1. The van der Waals surface area contributed by atoms with Crippen LogP contribution in [0.25, 0.3) is 10.8 Å². The highest BCUT2D eigenvalue weighted by molar-refractivity contribution is 7.09. The smallest absolute Gasteiger partial charge is 0.229 e. The normalized spacial score (nSPS) is 20.7. The molecule has 3 aromatic rings. The van der Waals surface area contributed by atoms with Gasteiger partial charge in [-0.2, -0.15) is 0 Å². The maximum atomic E-state index is 12.8. The van der Waals surface area contributed by atoms with Crippen molar-refractivity contribution in [1.29, 1.82) is 0 Å². The number of pyridine rings is 1. The number of nitrogens with zero attached hydrogens (tertiary/aromatic N) is 2. The molecule has 2 aromatic heterocycles. The number of rotatable bonds is 3. The molecule has 5 nitrogen and oxygen atoms in total. The number of aromatic nitrogens is 2. The first-order chi connectivity index (χ1) is 11.3. The van der Waals surface area contributed by atoms with E-state index in [4.69, 9.17) is 0 Å². The van der Waals surface area contributed by atoms with E-state index in [9.17, 15) is 4.79 Å². The van der Waals surface area contributed by atoms with Gasteiger partial charge in [-0.1, -0.05) is 12.1 Å². The molecular formula is C17H16N4OS. The number of nitrogens with one attached hydrogen (secondary N) is 2. The minimum Gasteiger partial charge on any atom is -0.325 e. The van der Waals surface area contributed by atoms with Gasteiger partial charge in [0.1, 0.15) is 0 Å². The fourth-order valence-electron chi connectivity index (χ4n) is 3.09. The van der Waals surface area contributed by atoms with Gasteiger partial charge in [-0.25, -0.2) is 4.98 Å². The van der Waals surface area contributed by atoms with Crippen molar-refractivity contribution in [3.63, 3.8) is 0 Å². The van der Waals surface area contributed by atoms with E-state index in [0.717, 1.165) is 28.0 Å². The molecule has 1 aliphatic rings. The maximum absolute atomic E-state index is 12.8. The van der Waals surface area contributed by atoms with E-state index in [0.29, 0.717) is 6.54 Å². The molecule has 2 N–H and O–H groups in total. The van der Waals surface area contributed by atoms with Crippen LogP contribution in [-0.4, -0.2) is 29.0 Å². The summed E-state index contributed by atoms with van der Waals surface area (Å²) in [6, 6.07) is 7.79. The summed E-state index contributed by atoms with van der Waals surface area (Å²) in [4.78, 5) is 21.3. The second-order valence-electron chi connectivity index (χ2n) is 5.63. The highest BCUT2D eigenvalue weighted by Crippen LogP contribution is 2.31. The number of thiazole rings is 1. The zero-order valence-electron chi connectivity index (χ0n) is 12.4. The molecule has 0 radical (unpaired) electrons. The molecule has 3 heterocycles. The molecule has 1 aliphatic heterocycles. The number of amides is 1. The minimum absolute atomic E-state index is 0.0412. The van der Waals surface area contributed by atoms with Crippen molar-refractivity contribution < 1.29 is 4.79 Å². The average Bonchev–Trinajstić information content (AvgIpc) is 3.26. The number of carbonyl (C=O) groups is 1. The fourth-order valence-corrected chi connectivity index (χ4v) is 3.89. The molecule has 23 heavy (non-hydrogen) atoms. The molecular weight excluding hydrogens is 308 g/mol. The van der Waals surface area contributed by atoms with Crippen molar-refractivity contribution in [3.05, 3.63) is 53.2 Å². The topological polar surface area (TPSA) is 66.9 Å². The lowest BCUT2D eigenvalue weighted by molar-refractivity contribution is -0.119. The molecule has 0 spiro atoms. The van der Waals surface area contributed by atoms with Crippen LogP contribution in [0.1, 0.15) is 10.9 Å². The van der Waals surface area contributed by atoms with Crippen LogP contribution in [0.3, 0.4) is 0 Å². The fraction of sp³-hybridized carbons (Fsp3) is 0.235. The first-order valence-electron chi connectivity index (χ1n) is 7.56. The molecule has 4 rings (SSSR count). The lowest BCUT2D eigenvalue weighted by Gasteiger charge is -2.17. The molecule has 1 fully saturated rings. The van der Waals surface area contributed by atoms with Crippen molar-refractivity contribution in [2.24, 2.45) is 5.92 Å². The summed E-state index contributed by atoms with van der Waals surface area (Å²) in [5.41, 5.74) is 0.833. The van der Waals surface area contributed by atoms with Gasteiger partial charge in [-0.15, -0.1) is 11.3 Å². The summed E-state index contributed by atoms with van der Waals surface area (Å²) in [6.07, 6.45) is 5.35. The zero-order valence-corrected chi connectivity index (χ0v) is 13.2. The van der Waals surface area contributed by atoms with Gasteiger partial charge >= 0.3 is 0 Å². The average molecular weight is 324 g/mol. The number of benzene rings is 1. The summed E-state index contributed by atoms with van der Waals surface area (Å²) in [6.45, 7) is 1.48. The third kappa shape index (κ3) is 2.71. The van der Waals surface area contributed by atoms with E-state index < -0.39 is 0 Å². The molecule has 1 aromatic carbocycles. The van der Waals surface area contributed by atoms with Crippen molar-refractivity contribution in [1.82, 2.24) is 15.3 Å². The largest absolute Gasteiger partial charge is 0.325 e.